The molecule has 0 heterocycles. The van der Waals surface area contributed by atoms with Crippen LogP contribution < -0.4 is 0 Å². The molecule has 0 aromatic heterocycles. The van der Waals surface area contributed by atoms with Gasteiger partial charge in [-0.1, -0.05) is 0 Å². The van der Waals surface area contributed by atoms with Crippen LogP contribution in [0.15, 0.2) is 52.3 Å². The molecule has 0 fully saturated rings. The van der Waals surface area contributed by atoms with E-state index in [1.54, 1.807) is 0 Å². The van der Waals surface area contributed by atoms with E-state index < -0.39 is 28.1 Å². The molecule has 0 saturated heterocycles. The largest absolute Gasteiger partial charge is 0.392 e. The highest BCUT2D eigenvalue weighted by Crippen LogP contribution is 2.25. The molecular formula is C13H10F2O3S. The molecule has 0 aliphatic rings. The van der Waals surface area contributed by atoms with Gasteiger partial charge in [0.2, 0.25) is 9.84 Å². The minimum Gasteiger partial charge on any atom is -0.392 e. The Labute approximate surface area is 109 Å². The van der Waals surface area contributed by atoms with E-state index in [0.29, 0.717) is 0 Å². The van der Waals surface area contributed by atoms with Crippen LogP contribution in [0.3, 0.4) is 0 Å². The summed E-state index contributed by atoms with van der Waals surface area (Å²) in [5.41, 5.74) is -0.0377. The molecule has 0 amide bonds. The van der Waals surface area contributed by atoms with Gasteiger partial charge in [-0.2, -0.15) is 0 Å². The van der Waals surface area contributed by atoms with E-state index in [1.165, 1.54) is 0 Å². The molecule has 2 aromatic rings. The molecule has 1 N–H and O–H groups in total. The number of aliphatic hydroxyl groups excluding tert-OH is 1. The van der Waals surface area contributed by atoms with Crippen molar-refractivity contribution >= 4 is 9.84 Å². The quantitative estimate of drug-likeness (QED) is 0.880. The van der Waals surface area contributed by atoms with Crippen molar-refractivity contribution in [1.29, 1.82) is 0 Å². The van der Waals surface area contributed by atoms with Crippen LogP contribution >= 0.6 is 0 Å². The first-order valence-electron chi connectivity index (χ1n) is 5.35. The number of benzene rings is 2. The first-order valence-corrected chi connectivity index (χ1v) is 6.83. The van der Waals surface area contributed by atoms with E-state index in [-0.39, 0.29) is 15.4 Å². The Morgan fingerprint density at radius 1 is 0.947 bits per heavy atom. The van der Waals surface area contributed by atoms with Crippen LogP contribution in [0, 0.1) is 11.6 Å². The zero-order chi connectivity index (χ0) is 14.0. The van der Waals surface area contributed by atoms with Crippen LogP contribution in [0.5, 0.6) is 0 Å². The number of aliphatic hydroxyl groups is 1. The maximum absolute atomic E-state index is 13.0. The fourth-order valence-electron chi connectivity index (χ4n) is 1.67. The first kappa shape index (κ1) is 13.6. The molecule has 0 saturated carbocycles. The molecule has 0 radical (unpaired) electrons. The highest BCUT2D eigenvalue weighted by atomic mass is 32.2. The summed E-state index contributed by atoms with van der Waals surface area (Å²) in [5.74, 6) is -1.19. The van der Waals surface area contributed by atoms with Crippen LogP contribution in [0.2, 0.25) is 0 Å². The minimum absolute atomic E-state index is 0.0377. The number of hydrogen-bond acceptors (Lipinski definition) is 3. The van der Waals surface area contributed by atoms with E-state index in [9.17, 15) is 17.2 Å². The van der Waals surface area contributed by atoms with Crippen molar-refractivity contribution in [3.8, 4) is 0 Å². The van der Waals surface area contributed by atoms with Crippen molar-refractivity contribution in [3.63, 3.8) is 0 Å². The van der Waals surface area contributed by atoms with Crippen LogP contribution in [0.1, 0.15) is 5.56 Å². The van der Waals surface area contributed by atoms with Gasteiger partial charge in [0, 0.05) is 0 Å². The third-order valence-electron chi connectivity index (χ3n) is 2.61. The molecule has 0 aliphatic carbocycles. The topological polar surface area (TPSA) is 54.4 Å². The van der Waals surface area contributed by atoms with Gasteiger partial charge in [0.1, 0.15) is 11.6 Å². The van der Waals surface area contributed by atoms with Crippen molar-refractivity contribution in [3.05, 3.63) is 59.7 Å². The summed E-state index contributed by atoms with van der Waals surface area (Å²) >= 11 is 0. The SMILES string of the molecule is O=S(=O)(c1ccc(F)cc1)c1ccc(F)cc1CO. The van der Waals surface area contributed by atoms with Crippen LogP contribution in [-0.2, 0) is 16.4 Å². The molecule has 100 valence electrons. The van der Waals surface area contributed by atoms with E-state index >= 15 is 0 Å². The Morgan fingerprint density at radius 3 is 2.11 bits per heavy atom. The third-order valence-corrected chi connectivity index (χ3v) is 4.48. The summed E-state index contributed by atoms with van der Waals surface area (Å²) in [6.07, 6.45) is 0. The number of hydrogen-bond donors (Lipinski definition) is 1. The highest BCUT2D eigenvalue weighted by Gasteiger charge is 2.21. The Hall–Kier alpha value is -1.79. The summed E-state index contributed by atoms with van der Waals surface area (Å²) in [6, 6.07) is 7.32. The first-order chi connectivity index (χ1) is 8.95. The summed E-state index contributed by atoms with van der Waals surface area (Å²) in [4.78, 5) is -0.307. The minimum atomic E-state index is -3.91. The predicted octanol–water partition coefficient (Wildman–Crippen LogP) is 2.29. The molecular weight excluding hydrogens is 274 g/mol. The lowest BCUT2D eigenvalue weighted by molar-refractivity contribution is 0.278. The second-order valence-electron chi connectivity index (χ2n) is 3.87. The molecule has 3 nitrogen and oxygen atoms in total. The number of rotatable bonds is 3. The van der Waals surface area contributed by atoms with Gasteiger partial charge in [0.05, 0.1) is 16.4 Å². The monoisotopic (exact) mass is 284 g/mol. The van der Waals surface area contributed by atoms with Crippen molar-refractivity contribution in [2.24, 2.45) is 0 Å². The van der Waals surface area contributed by atoms with Crippen LogP contribution in [0.4, 0.5) is 8.78 Å². The lowest BCUT2D eigenvalue weighted by atomic mass is 10.2. The predicted molar refractivity (Wildman–Crippen MR) is 64.2 cm³/mol. The summed E-state index contributed by atoms with van der Waals surface area (Å²) in [5, 5.41) is 9.11. The Balaban J connectivity index is 2.59. The van der Waals surface area contributed by atoms with Crippen molar-refractivity contribution in [1.82, 2.24) is 0 Å². The maximum atomic E-state index is 13.0. The summed E-state index contributed by atoms with van der Waals surface area (Å²) in [7, 11) is -3.91. The zero-order valence-electron chi connectivity index (χ0n) is 9.68. The van der Waals surface area contributed by atoms with E-state index in [2.05, 4.69) is 0 Å². The van der Waals surface area contributed by atoms with E-state index in [0.717, 1.165) is 42.5 Å². The van der Waals surface area contributed by atoms with Gasteiger partial charge in [-0.3, -0.25) is 0 Å². The van der Waals surface area contributed by atoms with Crippen molar-refractivity contribution < 1.29 is 22.3 Å². The Bertz CT molecular complexity index is 694. The number of halogens is 2. The van der Waals surface area contributed by atoms with Crippen molar-refractivity contribution in [2.45, 2.75) is 16.4 Å². The lowest BCUT2D eigenvalue weighted by Crippen LogP contribution is -2.06. The van der Waals surface area contributed by atoms with Gasteiger partial charge >= 0.3 is 0 Å². The van der Waals surface area contributed by atoms with Gasteiger partial charge in [-0.05, 0) is 48.0 Å². The molecule has 6 heteroatoms. The maximum Gasteiger partial charge on any atom is 0.206 e. The second-order valence-corrected chi connectivity index (χ2v) is 5.79. The lowest BCUT2D eigenvalue weighted by Gasteiger charge is -2.09. The smallest absolute Gasteiger partial charge is 0.206 e. The highest BCUT2D eigenvalue weighted by molar-refractivity contribution is 7.91. The van der Waals surface area contributed by atoms with Gasteiger partial charge in [-0.15, -0.1) is 0 Å². The second kappa shape index (κ2) is 5.07. The molecule has 0 bridgehead atoms. The van der Waals surface area contributed by atoms with Crippen LogP contribution in [0.25, 0.3) is 0 Å². The summed E-state index contributed by atoms with van der Waals surface area (Å²) < 4.78 is 50.4. The molecule has 0 unspecified atom stereocenters. The van der Waals surface area contributed by atoms with E-state index in [1.807, 2.05) is 0 Å². The molecule has 19 heavy (non-hydrogen) atoms. The standard InChI is InChI=1S/C13H10F2O3S/c14-10-1-4-12(5-2-10)19(17,18)13-6-3-11(15)7-9(13)8-16/h1-7,16H,8H2. The zero-order valence-corrected chi connectivity index (χ0v) is 10.5. The van der Waals surface area contributed by atoms with Gasteiger partial charge < -0.3 is 5.11 Å². The van der Waals surface area contributed by atoms with Gasteiger partial charge in [0.25, 0.3) is 0 Å². The average Bonchev–Trinajstić information content (AvgIpc) is 2.38. The molecule has 2 aromatic carbocycles. The number of sulfone groups is 1. The third kappa shape index (κ3) is 2.64. The van der Waals surface area contributed by atoms with Gasteiger partial charge in [-0.25, -0.2) is 17.2 Å². The average molecular weight is 284 g/mol. The van der Waals surface area contributed by atoms with Crippen LogP contribution in [-0.4, -0.2) is 13.5 Å². The summed E-state index contributed by atoms with van der Waals surface area (Å²) in [6.45, 7) is -0.604. The fourth-order valence-corrected chi connectivity index (χ4v) is 3.14. The Kier molecular flexibility index (Phi) is 3.64. The van der Waals surface area contributed by atoms with Gasteiger partial charge in [0.15, 0.2) is 0 Å². The van der Waals surface area contributed by atoms with E-state index in [4.69, 9.17) is 5.11 Å². The molecule has 0 aliphatic heterocycles. The van der Waals surface area contributed by atoms with Crippen molar-refractivity contribution in [2.75, 3.05) is 0 Å². The molecule has 0 spiro atoms. The normalized spacial score (nSPS) is 11.5. The fraction of sp³-hybridized carbons (Fsp3) is 0.0769. The molecule has 2 rings (SSSR count). The molecule has 0 atom stereocenters. The Morgan fingerprint density at radius 2 is 1.53 bits per heavy atom.